The molecule has 0 aliphatic rings. The van der Waals surface area contributed by atoms with E-state index >= 15 is 0 Å². The Morgan fingerprint density at radius 3 is 1.55 bits per heavy atom. The number of nitrogens with zero attached hydrogens (tertiary/aromatic N) is 4. The van der Waals surface area contributed by atoms with Crippen LogP contribution in [0, 0.1) is 0 Å². The minimum atomic E-state index is -2.65. The predicted molar refractivity (Wildman–Crippen MR) is 253 cm³/mol. The lowest BCUT2D eigenvalue weighted by Crippen LogP contribution is -2.74. The van der Waals surface area contributed by atoms with Crippen molar-refractivity contribution in [1.82, 2.24) is 18.5 Å². The second-order valence-electron chi connectivity index (χ2n) is 15.6. The maximum atomic E-state index is 5.16. The lowest BCUT2D eigenvalue weighted by molar-refractivity contribution is 1.11. The Morgan fingerprint density at radius 1 is 0.350 bits per heavy atom. The van der Waals surface area contributed by atoms with Gasteiger partial charge in [-0.2, -0.15) is 0 Å². The molecule has 5 heteroatoms. The van der Waals surface area contributed by atoms with Crippen LogP contribution in [0.15, 0.2) is 231 Å². The van der Waals surface area contributed by atoms with E-state index in [0.717, 1.165) is 44.7 Å². The van der Waals surface area contributed by atoms with Crippen LogP contribution in [0.25, 0.3) is 72.2 Å². The average Bonchev–Trinajstić information content (AvgIpc) is 3.97. The van der Waals surface area contributed by atoms with Crippen molar-refractivity contribution in [2.24, 2.45) is 0 Å². The van der Waals surface area contributed by atoms with Crippen molar-refractivity contribution in [3.8, 4) is 22.5 Å². The van der Waals surface area contributed by atoms with E-state index in [0.29, 0.717) is 0 Å². The molecule has 12 rings (SSSR count). The Labute approximate surface area is 348 Å². The summed E-state index contributed by atoms with van der Waals surface area (Å²) >= 11 is 0. The summed E-state index contributed by atoms with van der Waals surface area (Å²) in [6.07, 6.45) is 0. The fourth-order valence-electron chi connectivity index (χ4n) is 9.84. The molecule has 0 amide bonds. The zero-order chi connectivity index (χ0) is 39.6. The summed E-state index contributed by atoms with van der Waals surface area (Å²) in [5, 5.41) is 7.88. The van der Waals surface area contributed by atoms with Crippen LogP contribution in [-0.4, -0.2) is 26.6 Å². The van der Waals surface area contributed by atoms with Crippen molar-refractivity contribution < 1.29 is 0 Å². The molecule has 282 valence electrons. The maximum Gasteiger partial charge on any atom is 0.220 e. The summed E-state index contributed by atoms with van der Waals surface area (Å²) in [5.41, 5.74) is 11.3. The van der Waals surface area contributed by atoms with Gasteiger partial charge in [-0.25, -0.2) is 4.98 Å². The van der Waals surface area contributed by atoms with Crippen molar-refractivity contribution >= 4 is 78.5 Å². The quantitative estimate of drug-likeness (QED) is 0.117. The molecule has 0 saturated carbocycles. The molecule has 0 N–H and O–H groups in total. The monoisotopic (exact) mass is 782 g/mol. The molecule has 0 atom stereocenters. The fourth-order valence-corrected chi connectivity index (χ4v) is 14.6. The summed E-state index contributed by atoms with van der Waals surface area (Å²) < 4.78 is 7.04. The largest absolute Gasteiger partial charge is 0.309 e. The molecule has 0 aliphatic heterocycles. The lowest BCUT2D eigenvalue weighted by atomic mass is 10.0. The van der Waals surface area contributed by atoms with Crippen LogP contribution >= 0.6 is 0 Å². The van der Waals surface area contributed by atoms with Crippen LogP contribution in [0.2, 0.25) is 0 Å². The number of rotatable bonds is 7. The minimum absolute atomic E-state index is 0.910. The number of aromatic nitrogens is 4. The van der Waals surface area contributed by atoms with Crippen molar-refractivity contribution in [3.05, 3.63) is 231 Å². The molecule has 0 radical (unpaired) electrons. The van der Waals surface area contributed by atoms with Crippen molar-refractivity contribution in [3.63, 3.8) is 0 Å². The molecule has 3 heterocycles. The zero-order valence-corrected chi connectivity index (χ0v) is 33.7. The van der Waals surface area contributed by atoms with E-state index < -0.39 is 8.07 Å². The van der Waals surface area contributed by atoms with Crippen LogP contribution in [0.5, 0.6) is 0 Å². The molecular formula is C55H38N4Si. The normalized spacial score (nSPS) is 12.0. The molecule has 0 saturated heterocycles. The fraction of sp³-hybridized carbons (Fsp3) is 0. The maximum absolute atomic E-state index is 5.16. The van der Waals surface area contributed by atoms with Gasteiger partial charge in [-0.15, -0.1) is 0 Å². The van der Waals surface area contributed by atoms with Gasteiger partial charge in [0.15, 0.2) is 8.07 Å². The van der Waals surface area contributed by atoms with Crippen LogP contribution in [0.3, 0.4) is 0 Å². The molecule has 12 aromatic rings. The predicted octanol–water partition coefficient (Wildman–Crippen LogP) is 10.6. The van der Waals surface area contributed by atoms with Crippen molar-refractivity contribution in [2.75, 3.05) is 0 Å². The van der Waals surface area contributed by atoms with Gasteiger partial charge in [-0.3, -0.25) is 8.97 Å². The van der Waals surface area contributed by atoms with Gasteiger partial charge >= 0.3 is 0 Å². The third-order valence-electron chi connectivity index (χ3n) is 12.4. The highest BCUT2D eigenvalue weighted by Crippen LogP contribution is 2.38. The Bertz CT molecular complexity index is 3430. The summed E-state index contributed by atoms with van der Waals surface area (Å²) in [6.45, 7) is 0. The molecule has 0 bridgehead atoms. The van der Waals surface area contributed by atoms with Crippen LogP contribution < -0.4 is 20.7 Å². The van der Waals surface area contributed by atoms with Gasteiger partial charge in [-0.05, 0) is 80.9 Å². The summed E-state index contributed by atoms with van der Waals surface area (Å²) in [7, 11) is -2.65. The van der Waals surface area contributed by atoms with Crippen LogP contribution in [0.4, 0.5) is 0 Å². The standard InChI is InChI=1S/C55H38N4Si/c1-4-18-41(19-5-1)60(42-20-6-2-7-21-42,43-22-8-3-9-23-43)44-35-32-39(33-36-44)45-24-10-13-27-49(45)58-50-28-14-11-25-46(50)47-38-40(34-37-51(47)58)57-53-30-16-17-31-54(53)59-52-29-15-12-26-48(52)56-55(57)59/h1-38H. The third-order valence-corrected chi connectivity index (χ3v) is 17.2. The average molecular weight is 783 g/mol. The zero-order valence-electron chi connectivity index (χ0n) is 32.7. The van der Waals surface area contributed by atoms with E-state index in [4.69, 9.17) is 4.98 Å². The van der Waals surface area contributed by atoms with Crippen LogP contribution in [-0.2, 0) is 0 Å². The van der Waals surface area contributed by atoms with E-state index in [-0.39, 0.29) is 0 Å². The highest BCUT2D eigenvalue weighted by Gasteiger charge is 2.41. The van der Waals surface area contributed by atoms with Gasteiger partial charge in [0, 0.05) is 22.0 Å². The first-order valence-electron chi connectivity index (χ1n) is 20.6. The molecular weight excluding hydrogens is 745 g/mol. The van der Waals surface area contributed by atoms with E-state index in [9.17, 15) is 0 Å². The Morgan fingerprint density at radius 2 is 0.867 bits per heavy atom. The highest BCUT2D eigenvalue weighted by atomic mass is 28.3. The summed E-state index contributed by atoms with van der Waals surface area (Å²) in [6, 6.07) is 84.4. The number of hydrogen-bond acceptors (Lipinski definition) is 1. The van der Waals surface area contributed by atoms with Gasteiger partial charge in [0.05, 0.1) is 38.8 Å². The molecule has 0 spiro atoms. The smallest absolute Gasteiger partial charge is 0.220 e. The van der Waals surface area contributed by atoms with Crippen molar-refractivity contribution in [1.29, 1.82) is 0 Å². The Kier molecular flexibility index (Phi) is 7.83. The Hall–Kier alpha value is -7.73. The van der Waals surface area contributed by atoms with Gasteiger partial charge in [0.25, 0.3) is 0 Å². The number of para-hydroxylation sites is 6. The molecule has 3 aromatic heterocycles. The first-order chi connectivity index (χ1) is 29.8. The number of benzene rings is 9. The molecule has 0 fully saturated rings. The van der Waals surface area contributed by atoms with Crippen molar-refractivity contribution in [2.45, 2.75) is 0 Å². The topological polar surface area (TPSA) is 27.2 Å². The SMILES string of the molecule is c1ccc([Si](c2ccccc2)(c2ccccc2)c2ccc(-c3ccccc3-n3c4ccccc4c4cc(-n5c6ccccc6n6c7ccccc7nc56)ccc43)cc2)cc1. The Balaban J connectivity index is 1.03. The number of hydrogen-bond donors (Lipinski definition) is 0. The van der Waals surface area contributed by atoms with E-state index in [1.807, 2.05) is 0 Å². The second-order valence-corrected chi connectivity index (χ2v) is 19.4. The summed E-state index contributed by atoms with van der Waals surface area (Å²) in [4.78, 5) is 5.16. The lowest BCUT2D eigenvalue weighted by Gasteiger charge is -2.34. The molecule has 9 aromatic carbocycles. The first kappa shape index (κ1) is 34.3. The van der Waals surface area contributed by atoms with E-state index in [1.54, 1.807) is 0 Å². The summed E-state index contributed by atoms with van der Waals surface area (Å²) in [5.74, 6) is 0.910. The number of fused-ring (bicyclic) bond motifs is 8. The van der Waals surface area contributed by atoms with E-state index in [1.165, 1.54) is 48.2 Å². The van der Waals surface area contributed by atoms with E-state index in [2.05, 4.69) is 244 Å². The molecule has 4 nitrogen and oxygen atoms in total. The third kappa shape index (κ3) is 5.06. The highest BCUT2D eigenvalue weighted by molar-refractivity contribution is 7.19. The molecule has 60 heavy (non-hydrogen) atoms. The number of imidazole rings is 2. The van der Waals surface area contributed by atoms with Gasteiger partial charge in [-0.1, -0.05) is 176 Å². The second kappa shape index (κ2) is 13.7. The molecule has 0 unspecified atom stereocenters. The van der Waals surface area contributed by atoms with Gasteiger partial charge < -0.3 is 4.57 Å². The van der Waals surface area contributed by atoms with Gasteiger partial charge in [0.1, 0.15) is 0 Å². The van der Waals surface area contributed by atoms with Crippen LogP contribution in [0.1, 0.15) is 0 Å². The van der Waals surface area contributed by atoms with Gasteiger partial charge in [0.2, 0.25) is 5.78 Å². The molecule has 0 aliphatic carbocycles. The minimum Gasteiger partial charge on any atom is -0.309 e. The first-order valence-corrected chi connectivity index (χ1v) is 22.6.